The third-order valence-electron chi connectivity index (χ3n) is 4.51. The summed E-state index contributed by atoms with van der Waals surface area (Å²) < 4.78 is 50.0. The smallest absolute Gasteiger partial charge is 0.420 e. The van der Waals surface area contributed by atoms with E-state index in [1.807, 2.05) is 0 Å². The van der Waals surface area contributed by atoms with Gasteiger partial charge in [0.15, 0.2) is 0 Å². The molecular weight excluding hydrogens is 375 g/mol. The molecule has 1 atom stereocenters. The van der Waals surface area contributed by atoms with Gasteiger partial charge in [-0.1, -0.05) is 0 Å². The summed E-state index contributed by atoms with van der Waals surface area (Å²) in [6, 6.07) is 6.11. The Labute approximate surface area is 159 Å². The lowest BCUT2D eigenvalue weighted by atomic mass is 10.1. The van der Waals surface area contributed by atoms with Crippen molar-refractivity contribution < 1.29 is 27.4 Å². The van der Waals surface area contributed by atoms with Crippen LogP contribution in [0.25, 0.3) is 0 Å². The second-order valence-corrected chi connectivity index (χ2v) is 6.73. The van der Waals surface area contributed by atoms with Crippen molar-refractivity contribution in [2.45, 2.75) is 37.5 Å². The van der Waals surface area contributed by atoms with Crippen LogP contribution >= 0.6 is 0 Å². The first kappa shape index (κ1) is 19.9. The largest absolute Gasteiger partial charge is 0.497 e. The van der Waals surface area contributed by atoms with Crippen molar-refractivity contribution in [3.63, 3.8) is 0 Å². The summed E-state index contributed by atoms with van der Waals surface area (Å²) in [7, 11) is 1.29. The molecule has 0 unspecified atom stereocenters. The van der Waals surface area contributed by atoms with Crippen LogP contribution in [0.1, 0.15) is 37.1 Å². The quantitative estimate of drug-likeness (QED) is 0.781. The summed E-state index contributed by atoms with van der Waals surface area (Å²) in [4.78, 5) is 16.2. The fourth-order valence-corrected chi connectivity index (χ4v) is 2.56. The summed E-state index contributed by atoms with van der Waals surface area (Å²) in [6.45, 7) is 1.75. The van der Waals surface area contributed by atoms with E-state index in [-0.39, 0.29) is 23.2 Å². The Kier molecular flexibility index (Phi) is 5.20. The molecule has 1 fully saturated rings. The van der Waals surface area contributed by atoms with Crippen LogP contribution in [0.4, 0.5) is 13.2 Å². The van der Waals surface area contributed by atoms with Crippen LogP contribution in [-0.4, -0.2) is 23.5 Å². The van der Waals surface area contributed by atoms with Crippen LogP contribution in [0.15, 0.2) is 36.5 Å². The van der Waals surface area contributed by atoms with Gasteiger partial charge in [0.05, 0.1) is 30.6 Å². The number of carbonyl (C=O) groups is 1. The number of halogens is 3. The molecule has 0 saturated heterocycles. The summed E-state index contributed by atoms with van der Waals surface area (Å²) in [6.07, 6.45) is -2.00. The van der Waals surface area contributed by atoms with E-state index < -0.39 is 23.3 Å². The maximum atomic E-state index is 13.3. The lowest BCUT2D eigenvalue weighted by Gasteiger charge is -2.17. The van der Waals surface area contributed by atoms with E-state index in [1.165, 1.54) is 31.5 Å². The molecule has 1 aliphatic carbocycles. The molecule has 1 aromatic carbocycles. The summed E-state index contributed by atoms with van der Waals surface area (Å²) in [5.41, 5.74) is 4.64. The second kappa shape index (κ2) is 7.31. The Morgan fingerprint density at radius 2 is 1.93 bits per heavy atom. The average Bonchev–Trinajstić information content (AvgIpc) is 3.40. The van der Waals surface area contributed by atoms with E-state index in [2.05, 4.69) is 10.3 Å². The van der Waals surface area contributed by atoms with Crippen molar-refractivity contribution in [2.24, 2.45) is 5.73 Å². The molecule has 0 spiro atoms. The molecule has 28 heavy (non-hydrogen) atoms. The SMILES string of the molecule is COc1ccc(Oc2ccc([C@@H](C)NC(=O)C3(N)CC3)nc2)c(C(F)(F)F)c1. The summed E-state index contributed by atoms with van der Waals surface area (Å²) in [5.74, 6) is -0.389. The van der Waals surface area contributed by atoms with Crippen molar-refractivity contribution >= 4 is 5.91 Å². The number of nitrogens with zero attached hydrogens (tertiary/aromatic N) is 1. The Balaban J connectivity index is 1.73. The maximum absolute atomic E-state index is 13.3. The minimum atomic E-state index is -4.60. The Hall–Kier alpha value is -2.81. The molecule has 1 aliphatic rings. The number of hydrogen-bond donors (Lipinski definition) is 2. The van der Waals surface area contributed by atoms with Crippen molar-refractivity contribution in [3.8, 4) is 17.2 Å². The van der Waals surface area contributed by atoms with E-state index in [4.69, 9.17) is 15.2 Å². The third-order valence-corrected chi connectivity index (χ3v) is 4.51. The number of rotatable bonds is 6. The highest BCUT2D eigenvalue weighted by Gasteiger charge is 2.46. The zero-order chi connectivity index (χ0) is 20.5. The number of ether oxygens (including phenoxy) is 2. The molecule has 2 aromatic rings. The number of carbonyl (C=O) groups excluding carboxylic acids is 1. The number of pyridine rings is 1. The van der Waals surface area contributed by atoms with Crippen molar-refractivity contribution in [2.75, 3.05) is 7.11 Å². The van der Waals surface area contributed by atoms with Gasteiger partial charge in [-0.2, -0.15) is 13.2 Å². The first-order valence-electron chi connectivity index (χ1n) is 8.61. The molecule has 0 radical (unpaired) electrons. The fourth-order valence-electron chi connectivity index (χ4n) is 2.56. The third kappa shape index (κ3) is 4.36. The molecule has 3 N–H and O–H groups in total. The van der Waals surface area contributed by atoms with Crippen molar-refractivity contribution in [1.82, 2.24) is 10.3 Å². The molecule has 0 bridgehead atoms. The van der Waals surface area contributed by atoms with Crippen LogP contribution in [-0.2, 0) is 11.0 Å². The van der Waals surface area contributed by atoms with Crippen LogP contribution in [0.2, 0.25) is 0 Å². The van der Waals surface area contributed by atoms with Gasteiger partial charge in [-0.05, 0) is 50.1 Å². The van der Waals surface area contributed by atoms with Gasteiger partial charge < -0.3 is 20.5 Å². The fraction of sp³-hybridized carbons (Fsp3) is 0.368. The van der Waals surface area contributed by atoms with Crippen LogP contribution < -0.4 is 20.5 Å². The van der Waals surface area contributed by atoms with Crippen LogP contribution in [0, 0.1) is 0 Å². The van der Waals surface area contributed by atoms with E-state index >= 15 is 0 Å². The van der Waals surface area contributed by atoms with Crippen molar-refractivity contribution in [3.05, 3.63) is 47.8 Å². The molecule has 3 rings (SSSR count). The molecule has 1 saturated carbocycles. The zero-order valence-electron chi connectivity index (χ0n) is 15.3. The van der Waals surface area contributed by atoms with Gasteiger partial charge in [-0.3, -0.25) is 9.78 Å². The molecule has 6 nitrogen and oxygen atoms in total. The molecule has 150 valence electrons. The topological polar surface area (TPSA) is 86.5 Å². The minimum Gasteiger partial charge on any atom is -0.497 e. The van der Waals surface area contributed by atoms with E-state index in [9.17, 15) is 18.0 Å². The first-order valence-corrected chi connectivity index (χ1v) is 8.61. The number of benzene rings is 1. The molecular formula is C19H20F3N3O3. The maximum Gasteiger partial charge on any atom is 0.420 e. The number of amides is 1. The summed E-state index contributed by atoms with van der Waals surface area (Å²) in [5, 5.41) is 2.78. The van der Waals surface area contributed by atoms with E-state index in [0.29, 0.717) is 18.5 Å². The number of nitrogens with one attached hydrogen (secondary N) is 1. The van der Waals surface area contributed by atoms with Crippen LogP contribution in [0.3, 0.4) is 0 Å². The van der Waals surface area contributed by atoms with Gasteiger partial charge in [-0.25, -0.2) is 0 Å². The normalized spacial score (nSPS) is 16.2. The predicted octanol–water partition coefficient (Wildman–Crippen LogP) is 3.57. The standard InChI is InChI=1S/C19H20F3N3O3/c1-11(25-17(26)18(23)7-8-18)15-5-3-13(10-24-15)28-16-6-4-12(27-2)9-14(16)19(20,21)22/h3-6,9-11H,7-8,23H2,1-2H3,(H,25,26)/t11-/m1/s1. The Morgan fingerprint density at radius 3 is 2.46 bits per heavy atom. The lowest BCUT2D eigenvalue weighted by Crippen LogP contribution is -2.43. The molecule has 0 aliphatic heterocycles. The minimum absolute atomic E-state index is 0.0750. The van der Waals surface area contributed by atoms with Gasteiger partial charge in [-0.15, -0.1) is 0 Å². The number of methoxy groups -OCH3 is 1. The number of alkyl halides is 3. The summed E-state index contributed by atoms with van der Waals surface area (Å²) >= 11 is 0. The number of nitrogens with two attached hydrogens (primary N) is 1. The van der Waals surface area contributed by atoms with Crippen molar-refractivity contribution in [1.29, 1.82) is 0 Å². The average molecular weight is 395 g/mol. The Bertz CT molecular complexity index is 865. The molecule has 1 aromatic heterocycles. The van der Waals surface area contributed by atoms with Gasteiger partial charge in [0.1, 0.15) is 22.8 Å². The van der Waals surface area contributed by atoms with E-state index in [1.54, 1.807) is 13.0 Å². The monoisotopic (exact) mass is 395 g/mol. The number of aromatic nitrogens is 1. The number of hydrogen-bond acceptors (Lipinski definition) is 5. The molecule has 1 heterocycles. The highest BCUT2D eigenvalue weighted by atomic mass is 19.4. The molecule has 9 heteroatoms. The Morgan fingerprint density at radius 1 is 1.25 bits per heavy atom. The van der Waals surface area contributed by atoms with Gasteiger partial charge in [0, 0.05) is 0 Å². The van der Waals surface area contributed by atoms with E-state index in [0.717, 1.165) is 6.07 Å². The second-order valence-electron chi connectivity index (χ2n) is 6.73. The molecule has 1 amide bonds. The highest BCUT2D eigenvalue weighted by Crippen LogP contribution is 2.40. The zero-order valence-corrected chi connectivity index (χ0v) is 15.3. The van der Waals surface area contributed by atoms with Gasteiger partial charge >= 0.3 is 6.18 Å². The lowest BCUT2D eigenvalue weighted by molar-refractivity contribution is -0.138. The van der Waals surface area contributed by atoms with Gasteiger partial charge in [0.25, 0.3) is 0 Å². The van der Waals surface area contributed by atoms with Crippen LogP contribution in [0.5, 0.6) is 17.2 Å². The van der Waals surface area contributed by atoms with Gasteiger partial charge in [0.2, 0.25) is 5.91 Å². The highest BCUT2D eigenvalue weighted by molar-refractivity contribution is 5.89. The predicted molar refractivity (Wildman–Crippen MR) is 95.0 cm³/mol. The first-order chi connectivity index (χ1) is 13.1.